The summed E-state index contributed by atoms with van der Waals surface area (Å²) < 4.78 is 0. The molecule has 104 valence electrons. The minimum Gasteiger partial charge on any atom is -0.370 e. The Balaban J connectivity index is 0.00000289. The summed E-state index contributed by atoms with van der Waals surface area (Å²) in [5.74, 6) is 0.498. The second-order valence-electron chi connectivity index (χ2n) is 4.00. The molecule has 0 aliphatic rings. The molecular weight excluding hydrogens is 361 g/mol. The van der Waals surface area contributed by atoms with Gasteiger partial charge >= 0.3 is 0 Å². The van der Waals surface area contributed by atoms with Gasteiger partial charge in [0.05, 0.1) is 12.2 Å². The number of hydrogen-bond acceptors (Lipinski definition) is 4. The maximum atomic E-state index is 5.73. The van der Waals surface area contributed by atoms with E-state index in [0.29, 0.717) is 12.5 Å². The molecule has 0 unspecified atom stereocenters. The van der Waals surface area contributed by atoms with E-state index < -0.39 is 0 Å². The lowest BCUT2D eigenvalue weighted by atomic mass is 10.3. The lowest BCUT2D eigenvalue weighted by Gasteiger charge is -2.05. The topological polar surface area (TPSA) is 66.5 Å². The molecule has 3 N–H and O–H groups in total. The van der Waals surface area contributed by atoms with Crippen molar-refractivity contribution in [2.24, 2.45) is 10.7 Å². The summed E-state index contributed by atoms with van der Waals surface area (Å²) in [4.78, 5) is 10.7. The predicted molar refractivity (Wildman–Crippen MR) is 90.1 cm³/mol. The third kappa shape index (κ3) is 6.39. The van der Waals surface area contributed by atoms with Crippen molar-refractivity contribution >= 4 is 46.4 Å². The Bertz CT molecular complexity index is 364. The summed E-state index contributed by atoms with van der Waals surface area (Å²) in [7, 11) is 3.96. The SMILES string of the molecule is CCCCNC(N)=NCc1csc(N(C)C)n1.I. The highest BCUT2D eigenvalue weighted by Crippen LogP contribution is 2.18. The average Bonchev–Trinajstić information content (AvgIpc) is 2.75. The summed E-state index contributed by atoms with van der Waals surface area (Å²) in [6, 6.07) is 0. The number of aliphatic imine (C=N–C) groups is 1. The van der Waals surface area contributed by atoms with Gasteiger partial charge in [-0.05, 0) is 6.42 Å². The lowest BCUT2D eigenvalue weighted by molar-refractivity contribution is 0.747. The summed E-state index contributed by atoms with van der Waals surface area (Å²) in [6.07, 6.45) is 2.26. The van der Waals surface area contributed by atoms with Gasteiger partial charge in [0.25, 0.3) is 0 Å². The summed E-state index contributed by atoms with van der Waals surface area (Å²) >= 11 is 1.62. The van der Waals surface area contributed by atoms with Gasteiger partial charge in [-0.25, -0.2) is 9.98 Å². The average molecular weight is 383 g/mol. The number of thiazole rings is 1. The van der Waals surface area contributed by atoms with Crippen LogP contribution in [0.2, 0.25) is 0 Å². The fraction of sp³-hybridized carbons (Fsp3) is 0.636. The van der Waals surface area contributed by atoms with Gasteiger partial charge in [0.15, 0.2) is 11.1 Å². The van der Waals surface area contributed by atoms with Gasteiger partial charge in [0.2, 0.25) is 0 Å². The largest absolute Gasteiger partial charge is 0.370 e. The molecule has 0 spiro atoms. The van der Waals surface area contributed by atoms with Crippen LogP contribution in [0.3, 0.4) is 0 Å². The molecule has 1 heterocycles. The number of anilines is 1. The molecule has 0 aliphatic heterocycles. The quantitative estimate of drug-likeness (QED) is 0.342. The molecule has 1 aromatic heterocycles. The Labute approximate surface area is 130 Å². The van der Waals surface area contributed by atoms with Crippen molar-refractivity contribution < 1.29 is 0 Å². The number of rotatable bonds is 6. The minimum absolute atomic E-state index is 0. The van der Waals surface area contributed by atoms with Crippen LogP contribution < -0.4 is 16.0 Å². The Morgan fingerprint density at radius 2 is 2.28 bits per heavy atom. The van der Waals surface area contributed by atoms with Crippen molar-refractivity contribution in [1.29, 1.82) is 0 Å². The zero-order chi connectivity index (χ0) is 12.7. The highest BCUT2D eigenvalue weighted by atomic mass is 127. The van der Waals surface area contributed by atoms with Crippen LogP contribution in [0.4, 0.5) is 5.13 Å². The predicted octanol–water partition coefficient (Wildman–Crippen LogP) is 2.03. The molecule has 0 fully saturated rings. The molecular formula is C11H22IN5S. The molecule has 5 nitrogen and oxygen atoms in total. The maximum absolute atomic E-state index is 5.73. The second kappa shape index (κ2) is 9.37. The van der Waals surface area contributed by atoms with Crippen molar-refractivity contribution in [3.8, 4) is 0 Å². The Morgan fingerprint density at radius 3 is 2.83 bits per heavy atom. The first kappa shape index (κ1) is 17.4. The standard InChI is InChI=1S/C11H21N5S.HI/c1-4-5-6-13-10(12)14-7-9-8-17-11(15-9)16(2)3;/h8H,4-7H2,1-3H3,(H3,12,13,14);1H. The van der Waals surface area contributed by atoms with Crippen LogP contribution in [0.1, 0.15) is 25.5 Å². The monoisotopic (exact) mass is 383 g/mol. The molecule has 1 rings (SSSR count). The molecule has 1 aromatic rings. The summed E-state index contributed by atoms with van der Waals surface area (Å²) in [5, 5.41) is 6.08. The van der Waals surface area contributed by atoms with Crippen molar-refractivity contribution in [2.75, 3.05) is 25.5 Å². The van der Waals surface area contributed by atoms with E-state index in [9.17, 15) is 0 Å². The van der Waals surface area contributed by atoms with Crippen molar-refractivity contribution in [3.63, 3.8) is 0 Å². The molecule has 0 atom stereocenters. The van der Waals surface area contributed by atoms with Gasteiger partial charge < -0.3 is 16.0 Å². The number of hydrogen-bond donors (Lipinski definition) is 2. The van der Waals surface area contributed by atoms with Gasteiger partial charge in [0, 0.05) is 26.0 Å². The highest BCUT2D eigenvalue weighted by Gasteiger charge is 2.02. The van der Waals surface area contributed by atoms with E-state index in [0.717, 1.165) is 30.2 Å². The van der Waals surface area contributed by atoms with Crippen LogP contribution in [0.25, 0.3) is 0 Å². The number of nitrogens with two attached hydrogens (primary N) is 1. The molecule has 18 heavy (non-hydrogen) atoms. The number of guanidine groups is 1. The molecule has 0 saturated heterocycles. The van der Waals surface area contributed by atoms with E-state index in [1.807, 2.05) is 24.4 Å². The molecule has 0 amide bonds. The first-order valence-corrected chi connectivity index (χ1v) is 6.67. The molecule has 0 saturated carbocycles. The van der Waals surface area contributed by atoms with Gasteiger partial charge in [-0.2, -0.15) is 0 Å². The number of nitrogens with zero attached hydrogens (tertiary/aromatic N) is 3. The smallest absolute Gasteiger partial charge is 0.188 e. The van der Waals surface area contributed by atoms with E-state index in [1.165, 1.54) is 0 Å². The molecule has 0 bridgehead atoms. The van der Waals surface area contributed by atoms with Crippen molar-refractivity contribution in [2.45, 2.75) is 26.3 Å². The highest BCUT2D eigenvalue weighted by molar-refractivity contribution is 14.0. The molecule has 0 radical (unpaired) electrons. The minimum atomic E-state index is 0. The van der Waals surface area contributed by atoms with E-state index >= 15 is 0 Å². The van der Waals surface area contributed by atoms with E-state index in [1.54, 1.807) is 11.3 Å². The van der Waals surface area contributed by atoms with Crippen LogP contribution >= 0.6 is 35.3 Å². The van der Waals surface area contributed by atoms with Gasteiger partial charge in [-0.15, -0.1) is 35.3 Å². The van der Waals surface area contributed by atoms with Crippen LogP contribution in [-0.2, 0) is 6.54 Å². The van der Waals surface area contributed by atoms with Gasteiger partial charge in [-0.3, -0.25) is 0 Å². The molecule has 0 aromatic carbocycles. The normalized spacial score (nSPS) is 10.9. The Kier molecular flexibility index (Phi) is 9.08. The van der Waals surface area contributed by atoms with Crippen molar-refractivity contribution in [1.82, 2.24) is 10.3 Å². The maximum Gasteiger partial charge on any atom is 0.188 e. The zero-order valence-corrected chi connectivity index (χ0v) is 14.3. The number of aromatic nitrogens is 1. The van der Waals surface area contributed by atoms with E-state index in [4.69, 9.17) is 5.73 Å². The van der Waals surface area contributed by atoms with Gasteiger partial charge in [-0.1, -0.05) is 13.3 Å². The van der Waals surface area contributed by atoms with E-state index in [-0.39, 0.29) is 24.0 Å². The number of unbranched alkanes of at least 4 members (excludes halogenated alkanes) is 1. The van der Waals surface area contributed by atoms with Crippen molar-refractivity contribution in [3.05, 3.63) is 11.1 Å². The van der Waals surface area contributed by atoms with E-state index in [2.05, 4.69) is 22.2 Å². The summed E-state index contributed by atoms with van der Waals surface area (Å²) in [5.41, 5.74) is 6.69. The molecule has 7 heteroatoms. The zero-order valence-electron chi connectivity index (χ0n) is 11.1. The number of halogens is 1. The Morgan fingerprint density at radius 1 is 1.56 bits per heavy atom. The van der Waals surface area contributed by atoms with Crippen LogP contribution in [0, 0.1) is 0 Å². The number of nitrogens with one attached hydrogen (secondary N) is 1. The fourth-order valence-corrected chi connectivity index (χ4v) is 1.94. The first-order valence-electron chi connectivity index (χ1n) is 5.79. The van der Waals surface area contributed by atoms with Crippen LogP contribution in [-0.4, -0.2) is 31.6 Å². The van der Waals surface area contributed by atoms with Gasteiger partial charge in [0.1, 0.15) is 0 Å². The first-order chi connectivity index (χ1) is 8.13. The third-order valence-electron chi connectivity index (χ3n) is 2.17. The third-order valence-corrected chi connectivity index (χ3v) is 3.23. The Hall–Kier alpha value is -0.570. The lowest BCUT2D eigenvalue weighted by Crippen LogP contribution is -2.32. The summed E-state index contributed by atoms with van der Waals surface area (Å²) in [6.45, 7) is 3.56. The second-order valence-corrected chi connectivity index (χ2v) is 4.83. The van der Waals surface area contributed by atoms with Crippen LogP contribution in [0.15, 0.2) is 10.4 Å². The fourth-order valence-electron chi connectivity index (χ4n) is 1.19. The molecule has 0 aliphatic carbocycles. The van der Waals surface area contributed by atoms with Crippen LogP contribution in [0.5, 0.6) is 0 Å².